The molecule has 1 amide bonds. The van der Waals surface area contributed by atoms with Crippen LogP contribution in [0.1, 0.15) is 50.8 Å². The van der Waals surface area contributed by atoms with E-state index in [0.717, 1.165) is 47.4 Å². The molecule has 0 spiro atoms. The summed E-state index contributed by atoms with van der Waals surface area (Å²) < 4.78 is 0. The minimum Gasteiger partial charge on any atom is -0.353 e. The first-order chi connectivity index (χ1) is 12.4. The molecule has 2 aliphatic rings. The van der Waals surface area contributed by atoms with Crippen molar-refractivity contribution in [3.63, 3.8) is 0 Å². The summed E-state index contributed by atoms with van der Waals surface area (Å²) in [5.74, 6) is 0.191. The van der Waals surface area contributed by atoms with E-state index in [4.69, 9.17) is 0 Å². The minimum atomic E-state index is -0.492. The van der Waals surface area contributed by atoms with Crippen molar-refractivity contribution >= 4 is 22.5 Å². The number of carbonyl (C=O) groups excluding carboxylic acids is 1. The number of aryl methyl sites for hydroxylation is 2. The predicted molar refractivity (Wildman–Crippen MR) is 104 cm³/mol. The number of H-pyrrole nitrogens is 2. The van der Waals surface area contributed by atoms with Gasteiger partial charge in [0.2, 0.25) is 5.91 Å². The summed E-state index contributed by atoms with van der Waals surface area (Å²) in [6.45, 7) is 8.23. The van der Waals surface area contributed by atoms with Crippen LogP contribution in [-0.2, 0) is 23.1 Å². The maximum atomic E-state index is 13.0. The Morgan fingerprint density at radius 2 is 2.04 bits per heavy atom. The summed E-state index contributed by atoms with van der Waals surface area (Å²) in [5.41, 5.74) is 7.59. The molecule has 5 rings (SSSR count). The Balaban J connectivity index is 1.80. The van der Waals surface area contributed by atoms with Crippen LogP contribution in [0.5, 0.6) is 0 Å². The SMILES string of the molecule is CC(C)N1C(=O)C(C)(C)c2cc3[nH]c4c(c3cc21)CCCc1c[nH]nc1-4. The molecule has 0 bridgehead atoms. The summed E-state index contributed by atoms with van der Waals surface area (Å²) in [6.07, 6.45) is 5.20. The number of benzene rings is 1. The van der Waals surface area contributed by atoms with E-state index in [9.17, 15) is 4.79 Å². The minimum absolute atomic E-state index is 0.149. The predicted octanol–water partition coefficient (Wildman–Crippen LogP) is 4.08. The number of aromatic amines is 2. The second kappa shape index (κ2) is 5.00. The normalized spacial score (nSPS) is 18.2. The third-order valence-corrected chi connectivity index (χ3v) is 6.05. The largest absolute Gasteiger partial charge is 0.353 e. The molecule has 5 nitrogen and oxygen atoms in total. The van der Waals surface area contributed by atoms with Crippen molar-refractivity contribution in [2.75, 3.05) is 4.90 Å². The molecule has 0 unspecified atom stereocenters. The summed E-state index contributed by atoms with van der Waals surface area (Å²) in [6, 6.07) is 4.56. The molecule has 1 aliphatic heterocycles. The van der Waals surface area contributed by atoms with Crippen molar-refractivity contribution < 1.29 is 4.79 Å². The Bertz CT molecular complexity index is 1050. The summed E-state index contributed by atoms with van der Waals surface area (Å²) in [4.78, 5) is 18.6. The fraction of sp³-hybridized carbons (Fsp3) is 0.429. The highest BCUT2D eigenvalue weighted by Crippen LogP contribution is 2.46. The second-order valence-electron chi connectivity index (χ2n) is 8.40. The van der Waals surface area contributed by atoms with Crippen molar-refractivity contribution in [3.05, 3.63) is 35.0 Å². The number of nitrogens with one attached hydrogen (secondary N) is 2. The first-order valence-electron chi connectivity index (χ1n) is 9.45. The van der Waals surface area contributed by atoms with Crippen LogP contribution in [0.2, 0.25) is 0 Å². The van der Waals surface area contributed by atoms with Gasteiger partial charge in [0, 0.05) is 28.8 Å². The quantitative estimate of drug-likeness (QED) is 0.696. The van der Waals surface area contributed by atoms with Gasteiger partial charge in [-0.25, -0.2) is 0 Å². The van der Waals surface area contributed by atoms with Crippen LogP contribution in [0.3, 0.4) is 0 Å². The van der Waals surface area contributed by atoms with E-state index < -0.39 is 5.41 Å². The Morgan fingerprint density at radius 1 is 1.23 bits per heavy atom. The maximum Gasteiger partial charge on any atom is 0.237 e. The molecular formula is C21H24N4O. The van der Waals surface area contributed by atoms with Crippen LogP contribution >= 0.6 is 0 Å². The Kier molecular flexibility index (Phi) is 3.01. The molecule has 0 radical (unpaired) electrons. The molecule has 134 valence electrons. The smallest absolute Gasteiger partial charge is 0.237 e. The molecule has 2 aromatic heterocycles. The van der Waals surface area contributed by atoms with Gasteiger partial charge < -0.3 is 9.88 Å². The average molecular weight is 348 g/mol. The second-order valence-corrected chi connectivity index (χ2v) is 8.40. The number of nitrogens with zero attached hydrogens (tertiary/aromatic N) is 2. The zero-order chi connectivity index (χ0) is 18.2. The maximum absolute atomic E-state index is 13.0. The van der Waals surface area contributed by atoms with E-state index in [0.29, 0.717) is 0 Å². The first kappa shape index (κ1) is 15.7. The molecule has 3 heterocycles. The topological polar surface area (TPSA) is 64.8 Å². The van der Waals surface area contributed by atoms with Gasteiger partial charge in [0.05, 0.1) is 11.1 Å². The molecule has 0 atom stereocenters. The van der Waals surface area contributed by atoms with Gasteiger partial charge in [0.25, 0.3) is 0 Å². The summed E-state index contributed by atoms with van der Waals surface area (Å²) in [5, 5.41) is 8.74. The van der Waals surface area contributed by atoms with Crippen molar-refractivity contribution in [1.82, 2.24) is 15.2 Å². The van der Waals surface area contributed by atoms with Gasteiger partial charge in [0.15, 0.2) is 0 Å². The number of fused-ring (bicyclic) bond motifs is 6. The monoisotopic (exact) mass is 348 g/mol. The lowest BCUT2D eigenvalue weighted by Crippen LogP contribution is -2.40. The molecule has 1 aliphatic carbocycles. The van der Waals surface area contributed by atoms with E-state index in [1.54, 1.807) is 0 Å². The van der Waals surface area contributed by atoms with Crippen LogP contribution < -0.4 is 4.90 Å². The molecule has 26 heavy (non-hydrogen) atoms. The Morgan fingerprint density at radius 3 is 2.81 bits per heavy atom. The standard InChI is InChI=1S/C21H24N4O/c1-11(2)25-17-8-14-13-7-5-6-12-10-22-24-18(12)19(13)23-16(14)9-15(17)21(3,4)20(25)26/h8-11,23H,5-7H2,1-4H3,(H,22,24). The number of amides is 1. The lowest BCUT2D eigenvalue weighted by Gasteiger charge is -2.24. The first-order valence-corrected chi connectivity index (χ1v) is 9.45. The van der Waals surface area contributed by atoms with Crippen LogP contribution in [0.25, 0.3) is 22.3 Å². The highest BCUT2D eigenvalue weighted by atomic mass is 16.2. The van der Waals surface area contributed by atoms with Gasteiger partial charge in [-0.15, -0.1) is 0 Å². The summed E-state index contributed by atoms with van der Waals surface area (Å²) >= 11 is 0. The van der Waals surface area contributed by atoms with Gasteiger partial charge in [0.1, 0.15) is 5.69 Å². The molecule has 0 saturated heterocycles. The number of hydrogen-bond donors (Lipinski definition) is 2. The van der Waals surface area contributed by atoms with E-state index in [2.05, 4.69) is 41.2 Å². The van der Waals surface area contributed by atoms with E-state index in [1.165, 1.54) is 16.5 Å². The molecule has 2 N–H and O–H groups in total. The fourth-order valence-corrected chi connectivity index (χ4v) is 4.66. The van der Waals surface area contributed by atoms with Crippen LogP contribution in [-0.4, -0.2) is 27.1 Å². The van der Waals surface area contributed by atoms with E-state index in [-0.39, 0.29) is 11.9 Å². The third-order valence-electron chi connectivity index (χ3n) is 6.05. The van der Waals surface area contributed by atoms with Gasteiger partial charge in [-0.3, -0.25) is 9.89 Å². The van der Waals surface area contributed by atoms with Crippen LogP contribution in [0, 0.1) is 0 Å². The zero-order valence-electron chi connectivity index (χ0n) is 15.7. The van der Waals surface area contributed by atoms with Gasteiger partial charge in [-0.2, -0.15) is 5.10 Å². The van der Waals surface area contributed by atoms with Crippen LogP contribution in [0.4, 0.5) is 5.69 Å². The molecule has 1 aromatic carbocycles. The molecule has 5 heteroatoms. The number of aromatic nitrogens is 3. The Labute approximate surface area is 152 Å². The number of rotatable bonds is 1. The molecule has 3 aromatic rings. The lowest BCUT2D eigenvalue weighted by molar-refractivity contribution is -0.122. The van der Waals surface area contributed by atoms with Gasteiger partial charge in [-0.1, -0.05) is 0 Å². The van der Waals surface area contributed by atoms with Crippen molar-refractivity contribution in [3.8, 4) is 11.4 Å². The number of hydrogen-bond acceptors (Lipinski definition) is 2. The lowest BCUT2D eigenvalue weighted by atomic mass is 9.85. The average Bonchev–Trinajstić information content (AvgIpc) is 3.19. The van der Waals surface area contributed by atoms with Crippen molar-refractivity contribution in [1.29, 1.82) is 0 Å². The fourth-order valence-electron chi connectivity index (χ4n) is 4.66. The van der Waals surface area contributed by atoms with Gasteiger partial charge in [-0.05, 0) is 75.8 Å². The molecule has 0 fully saturated rings. The highest BCUT2D eigenvalue weighted by Gasteiger charge is 2.45. The number of anilines is 1. The highest BCUT2D eigenvalue weighted by molar-refractivity contribution is 6.10. The number of carbonyl (C=O) groups is 1. The van der Waals surface area contributed by atoms with Crippen LogP contribution in [0.15, 0.2) is 18.3 Å². The Hall–Kier alpha value is -2.56. The molecule has 0 saturated carbocycles. The van der Waals surface area contributed by atoms with Crippen molar-refractivity contribution in [2.24, 2.45) is 0 Å². The molecular weight excluding hydrogens is 324 g/mol. The van der Waals surface area contributed by atoms with E-state index >= 15 is 0 Å². The zero-order valence-corrected chi connectivity index (χ0v) is 15.7. The third kappa shape index (κ3) is 1.86. The van der Waals surface area contributed by atoms with E-state index in [1.807, 2.05) is 24.9 Å². The summed E-state index contributed by atoms with van der Waals surface area (Å²) in [7, 11) is 0. The van der Waals surface area contributed by atoms with Gasteiger partial charge >= 0.3 is 0 Å². The van der Waals surface area contributed by atoms with Crippen molar-refractivity contribution in [2.45, 2.75) is 58.4 Å².